The molecule has 52 heavy (non-hydrogen) atoms. The van der Waals surface area contributed by atoms with Gasteiger partial charge in [0.2, 0.25) is 0 Å². The van der Waals surface area contributed by atoms with Gasteiger partial charge in [-0.1, -0.05) is 12.1 Å². The number of imide groups is 1. The molecule has 0 aromatic heterocycles. The maximum atomic E-state index is 13.8. The number of benzene rings is 1. The van der Waals surface area contributed by atoms with Crippen molar-refractivity contribution in [3.8, 4) is 0 Å². The van der Waals surface area contributed by atoms with Crippen LogP contribution in [0.5, 0.6) is 0 Å². The largest absolute Gasteiger partial charge is 0.463 e. The zero-order chi connectivity index (χ0) is 38.4. The molecular weight excluding hydrogens is 698 g/mol. The number of ether oxygens (including phenoxy) is 10. The average molecular weight is 738 g/mol. The Morgan fingerprint density at radius 1 is 0.673 bits per heavy atom. The van der Waals surface area contributed by atoms with Crippen LogP contribution in [-0.2, 0) is 76.1 Å². The van der Waals surface area contributed by atoms with Gasteiger partial charge in [-0.3, -0.25) is 43.3 Å². The van der Waals surface area contributed by atoms with Gasteiger partial charge in [-0.2, -0.15) is 0 Å². The number of hydrogen-bond donors (Lipinski definition) is 0. The van der Waals surface area contributed by atoms with Gasteiger partial charge in [0, 0.05) is 48.7 Å². The number of amides is 2. The van der Waals surface area contributed by atoms with Crippen LogP contribution in [0.3, 0.4) is 0 Å². The van der Waals surface area contributed by atoms with Crippen LogP contribution in [0, 0.1) is 0 Å². The fourth-order valence-electron chi connectivity index (χ4n) is 6.15. The highest BCUT2D eigenvalue weighted by Gasteiger charge is 2.58. The predicted molar refractivity (Wildman–Crippen MR) is 165 cm³/mol. The highest BCUT2D eigenvalue weighted by molar-refractivity contribution is 6.21. The summed E-state index contributed by atoms with van der Waals surface area (Å²) < 4.78 is 55.9. The Balaban J connectivity index is 1.79. The van der Waals surface area contributed by atoms with Gasteiger partial charge in [0.15, 0.2) is 43.1 Å². The van der Waals surface area contributed by atoms with Crippen LogP contribution in [0.15, 0.2) is 24.3 Å². The lowest BCUT2D eigenvalue weighted by Crippen LogP contribution is -2.67. The van der Waals surface area contributed by atoms with Crippen LogP contribution in [0.25, 0.3) is 0 Å². The Bertz CT molecular complexity index is 1540. The molecule has 0 radical (unpaired) electrons. The van der Waals surface area contributed by atoms with Crippen LogP contribution in [0.4, 0.5) is 0 Å². The van der Waals surface area contributed by atoms with E-state index in [9.17, 15) is 38.4 Å². The zero-order valence-electron chi connectivity index (χ0n) is 29.3. The molecule has 10 atom stereocenters. The topological polar surface area (TPSA) is 232 Å². The molecule has 2 amide bonds. The molecule has 3 aliphatic heterocycles. The van der Waals surface area contributed by atoms with E-state index in [2.05, 4.69) is 0 Å². The Labute approximate surface area is 296 Å². The minimum atomic E-state index is -1.77. The third kappa shape index (κ3) is 9.08. The zero-order valence-corrected chi connectivity index (χ0v) is 29.3. The lowest BCUT2D eigenvalue weighted by Gasteiger charge is -2.47. The molecule has 3 heterocycles. The molecule has 2 fully saturated rings. The van der Waals surface area contributed by atoms with Gasteiger partial charge in [-0.25, -0.2) is 0 Å². The van der Waals surface area contributed by atoms with Crippen LogP contribution >= 0.6 is 0 Å². The van der Waals surface area contributed by atoms with Crippen molar-refractivity contribution in [1.82, 2.24) is 4.90 Å². The minimum absolute atomic E-state index is 0.00221. The highest BCUT2D eigenvalue weighted by Crippen LogP contribution is 2.37. The maximum Gasteiger partial charge on any atom is 0.303 e. The maximum absolute atomic E-state index is 13.8. The van der Waals surface area contributed by atoms with Gasteiger partial charge in [0.05, 0.1) is 17.7 Å². The fourth-order valence-corrected chi connectivity index (χ4v) is 6.15. The van der Waals surface area contributed by atoms with Crippen LogP contribution < -0.4 is 0 Å². The second-order valence-corrected chi connectivity index (χ2v) is 11.8. The summed E-state index contributed by atoms with van der Waals surface area (Å²) in [6.45, 7) is 5.17. The molecule has 0 bridgehead atoms. The van der Waals surface area contributed by atoms with Gasteiger partial charge >= 0.3 is 35.8 Å². The molecule has 19 heteroatoms. The molecule has 0 saturated carbocycles. The summed E-state index contributed by atoms with van der Waals surface area (Å²) in [6, 6.07) is 4.18. The predicted octanol–water partition coefficient (Wildman–Crippen LogP) is -0.0144. The summed E-state index contributed by atoms with van der Waals surface area (Å²) in [4.78, 5) is 101. The van der Waals surface area contributed by atoms with Gasteiger partial charge in [0.25, 0.3) is 11.8 Å². The Morgan fingerprint density at radius 2 is 1.19 bits per heavy atom. The van der Waals surface area contributed by atoms with Crippen molar-refractivity contribution >= 4 is 47.6 Å². The molecule has 0 N–H and O–H groups in total. The first-order valence-corrected chi connectivity index (χ1v) is 16.0. The molecular formula is C33H39NO18. The Kier molecular flexibility index (Phi) is 13.0. The molecule has 0 spiro atoms. The number of rotatable bonds is 13. The van der Waals surface area contributed by atoms with Crippen LogP contribution in [0.2, 0.25) is 0 Å². The van der Waals surface area contributed by atoms with E-state index in [4.69, 9.17) is 47.4 Å². The molecule has 1 unspecified atom stereocenters. The van der Waals surface area contributed by atoms with Crippen molar-refractivity contribution in [2.75, 3.05) is 20.3 Å². The number of carbonyl (C=O) groups excluding carboxylic acids is 8. The van der Waals surface area contributed by atoms with Gasteiger partial charge in [-0.15, -0.1) is 0 Å². The quantitative estimate of drug-likeness (QED) is 0.147. The number of esters is 6. The number of nitrogens with zero attached hydrogens (tertiary/aromatic N) is 1. The van der Waals surface area contributed by atoms with E-state index in [-0.39, 0.29) is 11.1 Å². The molecule has 0 aliphatic carbocycles. The highest BCUT2D eigenvalue weighted by atomic mass is 16.7. The summed E-state index contributed by atoms with van der Waals surface area (Å²) in [7, 11) is 1.23. The SMILES string of the molecule is COC1O[C@@H]([C@@H](CO[C@@H]2O[C@H](COC(C)=O)[C@@H](OC(C)=O)[C@H](OC(C)=O)[C@H]2N2C(=O)c3ccccc3C2=O)OC(C)=O)[C@H](OC(C)=O)[C@H]1OC(C)=O. The minimum Gasteiger partial charge on any atom is -0.463 e. The molecule has 1 aromatic rings. The first-order valence-electron chi connectivity index (χ1n) is 16.0. The summed E-state index contributed by atoms with van der Waals surface area (Å²) in [6.07, 6.45) is -13.3. The second-order valence-electron chi connectivity index (χ2n) is 11.8. The van der Waals surface area contributed by atoms with Crippen molar-refractivity contribution in [1.29, 1.82) is 0 Å². The van der Waals surface area contributed by atoms with Crippen molar-refractivity contribution in [2.24, 2.45) is 0 Å². The van der Waals surface area contributed by atoms with Crippen LogP contribution in [0.1, 0.15) is 62.3 Å². The van der Waals surface area contributed by atoms with Crippen molar-refractivity contribution in [2.45, 2.75) is 103 Å². The van der Waals surface area contributed by atoms with Crippen molar-refractivity contribution in [3.63, 3.8) is 0 Å². The van der Waals surface area contributed by atoms with E-state index in [1.54, 1.807) is 0 Å². The molecule has 3 aliphatic rings. The fraction of sp³-hybridized carbons (Fsp3) is 0.576. The van der Waals surface area contributed by atoms with Gasteiger partial charge < -0.3 is 47.4 Å². The summed E-state index contributed by atoms with van der Waals surface area (Å²) >= 11 is 0. The standard InChI is InChI=1S/C33H39NO18/c1-14(35)44-12-23-25(47-16(3)37)27(48-17(4)38)24(34-30(41)20-10-8-9-11-21(20)31(34)42)32(51-23)45-13-22(46-15(2)36)26-28(49-18(5)39)29(50-19(6)40)33(43-7)52-26/h8-11,22-29,32-33H,12-13H2,1-7H3/t22-,23-,24-,25-,26+,27-,28+,29-,32-,33?/m1/s1. The van der Waals surface area contributed by atoms with E-state index in [0.717, 1.165) is 46.4 Å². The normalized spacial score (nSPS) is 28.7. The smallest absolute Gasteiger partial charge is 0.303 e. The molecule has 284 valence electrons. The molecule has 19 nitrogen and oxygen atoms in total. The monoisotopic (exact) mass is 737 g/mol. The number of carbonyl (C=O) groups is 8. The third-order valence-corrected chi connectivity index (χ3v) is 7.95. The first kappa shape index (κ1) is 39.8. The van der Waals surface area contributed by atoms with E-state index >= 15 is 0 Å². The Hall–Kier alpha value is -4.98. The average Bonchev–Trinajstić information content (AvgIpc) is 3.51. The van der Waals surface area contributed by atoms with E-state index in [1.165, 1.54) is 31.4 Å². The number of methoxy groups -OCH3 is 1. The van der Waals surface area contributed by atoms with E-state index < -0.39 is 122 Å². The number of fused-ring (bicyclic) bond motifs is 1. The lowest BCUT2D eigenvalue weighted by atomic mass is 9.94. The molecule has 4 rings (SSSR count). The Morgan fingerprint density at radius 3 is 1.69 bits per heavy atom. The molecule has 2 saturated heterocycles. The lowest BCUT2D eigenvalue weighted by molar-refractivity contribution is -0.292. The first-order chi connectivity index (χ1) is 24.5. The van der Waals surface area contributed by atoms with Gasteiger partial charge in [-0.05, 0) is 12.1 Å². The summed E-state index contributed by atoms with van der Waals surface area (Å²) in [5.41, 5.74) is 0.00442. The molecule has 1 aromatic carbocycles. The van der Waals surface area contributed by atoms with E-state index in [0.29, 0.717) is 0 Å². The van der Waals surface area contributed by atoms with Gasteiger partial charge in [0.1, 0.15) is 24.9 Å². The van der Waals surface area contributed by atoms with Crippen molar-refractivity contribution in [3.05, 3.63) is 35.4 Å². The van der Waals surface area contributed by atoms with E-state index in [1.807, 2.05) is 0 Å². The second kappa shape index (κ2) is 17.0. The number of hydrogen-bond acceptors (Lipinski definition) is 18. The summed E-state index contributed by atoms with van der Waals surface area (Å²) in [5.74, 6) is -6.66. The van der Waals surface area contributed by atoms with Crippen molar-refractivity contribution < 1.29 is 85.7 Å². The van der Waals surface area contributed by atoms with Crippen LogP contribution in [-0.4, -0.2) is 134 Å². The summed E-state index contributed by atoms with van der Waals surface area (Å²) in [5, 5.41) is 0. The third-order valence-electron chi connectivity index (χ3n) is 7.95.